The predicted octanol–water partition coefficient (Wildman–Crippen LogP) is 2.95. The zero-order valence-electron chi connectivity index (χ0n) is 18.5. The van der Waals surface area contributed by atoms with Crippen LogP contribution in [0, 0.1) is 5.41 Å². The van der Waals surface area contributed by atoms with E-state index in [2.05, 4.69) is 40.9 Å². The summed E-state index contributed by atoms with van der Waals surface area (Å²) in [7, 11) is 5.96. The SMILES string of the molecule is COc1cc2c(cc1CN1CCC3(CCC(=O)N(CCN(C)C)C3)CC1)CCC2. The maximum Gasteiger partial charge on any atom is 0.222 e. The van der Waals surface area contributed by atoms with Crippen molar-refractivity contribution in [3.05, 3.63) is 28.8 Å². The van der Waals surface area contributed by atoms with E-state index in [0.29, 0.717) is 11.3 Å². The fraction of sp³-hybridized carbons (Fsp3) is 0.708. The third kappa shape index (κ3) is 4.61. The molecule has 0 N–H and O–H groups in total. The molecule has 2 fully saturated rings. The topological polar surface area (TPSA) is 36.0 Å². The minimum atomic E-state index is 0.332. The normalized spacial score (nSPS) is 21.8. The first-order chi connectivity index (χ1) is 14.0. The van der Waals surface area contributed by atoms with Gasteiger partial charge in [-0.15, -0.1) is 0 Å². The number of hydrogen-bond acceptors (Lipinski definition) is 4. The van der Waals surface area contributed by atoms with Gasteiger partial charge in [0.05, 0.1) is 7.11 Å². The number of nitrogens with zero attached hydrogens (tertiary/aromatic N) is 3. The van der Waals surface area contributed by atoms with Gasteiger partial charge >= 0.3 is 0 Å². The number of carbonyl (C=O) groups excluding carboxylic acids is 1. The van der Waals surface area contributed by atoms with Gasteiger partial charge in [-0.2, -0.15) is 0 Å². The molecule has 0 radical (unpaired) electrons. The van der Waals surface area contributed by atoms with Gasteiger partial charge in [-0.1, -0.05) is 6.07 Å². The molecule has 0 bridgehead atoms. The summed E-state index contributed by atoms with van der Waals surface area (Å²) < 4.78 is 5.72. The molecule has 1 aromatic carbocycles. The first-order valence-electron chi connectivity index (χ1n) is 11.3. The lowest BCUT2D eigenvalue weighted by molar-refractivity contribution is -0.139. The van der Waals surface area contributed by atoms with Crippen LogP contribution in [0.15, 0.2) is 12.1 Å². The van der Waals surface area contributed by atoms with Crippen LogP contribution in [0.25, 0.3) is 0 Å². The van der Waals surface area contributed by atoms with Crippen LogP contribution in [0.3, 0.4) is 0 Å². The van der Waals surface area contributed by atoms with E-state index in [1.807, 2.05) is 0 Å². The molecule has 0 saturated carbocycles. The fourth-order valence-electron chi connectivity index (χ4n) is 5.43. The Bertz CT molecular complexity index is 738. The molecule has 2 saturated heterocycles. The minimum Gasteiger partial charge on any atom is -0.496 e. The van der Waals surface area contributed by atoms with Crippen molar-refractivity contribution in [2.24, 2.45) is 5.41 Å². The van der Waals surface area contributed by atoms with E-state index >= 15 is 0 Å². The highest BCUT2D eigenvalue weighted by Gasteiger charge is 2.40. The number of rotatable bonds is 6. The van der Waals surface area contributed by atoms with Crippen LogP contribution in [0.5, 0.6) is 5.75 Å². The van der Waals surface area contributed by atoms with Crippen LogP contribution in [0.1, 0.15) is 48.8 Å². The summed E-state index contributed by atoms with van der Waals surface area (Å²) in [5.41, 5.74) is 4.68. The third-order valence-corrected chi connectivity index (χ3v) is 7.37. The van der Waals surface area contributed by atoms with E-state index < -0.39 is 0 Å². The number of hydrogen-bond donors (Lipinski definition) is 0. The number of carbonyl (C=O) groups is 1. The van der Waals surface area contributed by atoms with E-state index in [4.69, 9.17) is 4.74 Å². The molecule has 29 heavy (non-hydrogen) atoms. The maximum absolute atomic E-state index is 12.4. The van der Waals surface area contributed by atoms with Gasteiger partial charge in [-0.05, 0) is 88.3 Å². The Morgan fingerprint density at radius 1 is 1.07 bits per heavy atom. The largest absolute Gasteiger partial charge is 0.496 e. The second-order valence-electron chi connectivity index (χ2n) is 9.68. The van der Waals surface area contributed by atoms with Gasteiger partial charge in [0, 0.05) is 38.2 Å². The Morgan fingerprint density at radius 2 is 1.79 bits per heavy atom. The van der Waals surface area contributed by atoms with E-state index in [-0.39, 0.29) is 0 Å². The summed E-state index contributed by atoms with van der Waals surface area (Å²) in [6, 6.07) is 4.67. The molecule has 0 unspecified atom stereocenters. The Balaban J connectivity index is 1.36. The zero-order valence-corrected chi connectivity index (χ0v) is 18.5. The molecule has 160 valence electrons. The van der Waals surface area contributed by atoms with E-state index in [1.165, 1.54) is 48.8 Å². The Labute approximate surface area is 176 Å². The van der Waals surface area contributed by atoms with Gasteiger partial charge in [0.15, 0.2) is 0 Å². The van der Waals surface area contributed by atoms with Crippen LogP contribution in [0.4, 0.5) is 0 Å². The number of amides is 1. The van der Waals surface area contributed by atoms with E-state index in [9.17, 15) is 4.79 Å². The van der Waals surface area contributed by atoms with Gasteiger partial charge in [0.1, 0.15) is 5.75 Å². The summed E-state index contributed by atoms with van der Waals surface area (Å²) in [6.45, 7) is 5.99. The van der Waals surface area contributed by atoms with Crippen molar-refractivity contribution in [1.29, 1.82) is 0 Å². The summed E-state index contributed by atoms with van der Waals surface area (Å²) in [5, 5.41) is 0. The van der Waals surface area contributed by atoms with Gasteiger partial charge in [0.25, 0.3) is 0 Å². The van der Waals surface area contributed by atoms with E-state index in [0.717, 1.165) is 57.9 Å². The van der Waals surface area contributed by atoms with Gasteiger partial charge in [0.2, 0.25) is 5.91 Å². The van der Waals surface area contributed by atoms with Crippen molar-refractivity contribution >= 4 is 5.91 Å². The highest BCUT2D eigenvalue weighted by atomic mass is 16.5. The van der Waals surface area contributed by atoms with Crippen molar-refractivity contribution in [3.63, 3.8) is 0 Å². The quantitative estimate of drug-likeness (QED) is 0.737. The van der Waals surface area contributed by atoms with Crippen LogP contribution < -0.4 is 4.74 Å². The number of aryl methyl sites for hydroxylation is 2. The molecule has 1 aromatic rings. The maximum atomic E-state index is 12.4. The van der Waals surface area contributed by atoms with Crippen LogP contribution in [-0.4, -0.2) is 74.5 Å². The van der Waals surface area contributed by atoms with Crippen LogP contribution >= 0.6 is 0 Å². The molecule has 2 aliphatic heterocycles. The van der Waals surface area contributed by atoms with Crippen LogP contribution in [0.2, 0.25) is 0 Å². The lowest BCUT2D eigenvalue weighted by Crippen LogP contribution is -2.52. The monoisotopic (exact) mass is 399 g/mol. The average Bonchev–Trinajstić information content (AvgIpc) is 3.17. The molecular weight excluding hydrogens is 362 g/mol. The average molecular weight is 400 g/mol. The fourth-order valence-corrected chi connectivity index (χ4v) is 5.43. The molecule has 1 amide bonds. The number of likely N-dealkylation sites (N-methyl/N-ethyl adjacent to an activating group) is 1. The minimum absolute atomic E-state index is 0.332. The summed E-state index contributed by atoms with van der Waals surface area (Å²) in [4.78, 5) is 19.3. The molecule has 1 spiro atoms. The smallest absolute Gasteiger partial charge is 0.222 e. The molecule has 1 aliphatic carbocycles. The number of benzene rings is 1. The molecule has 0 aromatic heterocycles. The highest BCUT2D eigenvalue weighted by Crippen LogP contribution is 2.41. The van der Waals surface area contributed by atoms with Crippen molar-refractivity contribution in [2.75, 3.05) is 53.9 Å². The van der Waals surface area contributed by atoms with Crippen LogP contribution in [-0.2, 0) is 24.2 Å². The van der Waals surface area contributed by atoms with Gasteiger partial charge in [-0.3, -0.25) is 9.69 Å². The van der Waals surface area contributed by atoms with Crippen molar-refractivity contribution in [1.82, 2.24) is 14.7 Å². The molecule has 5 nitrogen and oxygen atoms in total. The summed E-state index contributed by atoms with van der Waals surface area (Å²) in [6.07, 6.45) is 7.88. The molecule has 3 aliphatic rings. The lowest BCUT2D eigenvalue weighted by Gasteiger charge is -2.47. The third-order valence-electron chi connectivity index (χ3n) is 7.37. The second-order valence-corrected chi connectivity index (χ2v) is 9.68. The lowest BCUT2D eigenvalue weighted by atomic mass is 9.72. The Kier molecular flexibility index (Phi) is 6.16. The van der Waals surface area contributed by atoms with E-state index in [1.54, 1.807) is 7.11 Å². The highest BCUT2D eigenvalue weighted by molar-refractivity contribution is 5.77. The predicted molar refractivity (Wildman–Crippen MR) is 116 cm³/mol. The molecule has 4 rings (SSSR count). The van der Waals surface area contributed by atoms with Gasteiger partial charge < -0.3 is 14.5 Å². The number of methoxy groups -OCH3 is 1. The van der Waals surface area contributed by atoms with Gasteiger partial charge in [-0.25, -0.2) is 0 Å². The summed E-state index contributed by atoms with van der Waals surface area (Å²) in [5.74, 6) is 1.41. The molecule has 0 atom stereocenters. The molecular formula is C24H37N3O2. The standard InChI is InChI=1S/C24H37N3O2/c1-25(2)13-14-27-18-24(8-7-23(27)28)9-11-26(12-10-24)17-21-15-19-5-4-6-20(19)16-22(21)29-3/h15-16H,4-14,17-18H2,1-3H3. The zero-order chi connectivity index (χ0) is 20.4. The second kappa shape index (κ2) is 8.65. The number of likely N-dealkylation sites (tertiary alicyclic amines) is 2. The number of fused-ring (bicyclic) bond motifs is 1. The molecule has 2 heterocycles. The Hall–Kier alpha value is -1.59. The first kappa shape index (κ1) is 20.7. The number of ether oxygens (including phenoxy) is 1. The molecule has 5 heteroatoms. The number of piperidine rings is 2. The van der Waals surface area contributed by atoms with Crippen molar-refractivity contribution < 1.29 is 9.53 Å². The Morgan fingerprint density at radius 3 is 2.48 bits per heavy atom. The van der Waals surface area contributed by atoms with Crippen molar-refractivity contribution in [2.45, 2.75) is 51.5 Å². The first-order valence-corrected chi connectivity index (χ1v) is 11.3. The van der Waals surface area contributed by atoms with Crippen molar-refractivity contribution in [3.8, 4) is 5.75 Å². The summed E-state index contributed by atoms with van der Waals surface area (Å²) >= 11 is 0.